The highest BCUT2D eigenvalue weighted by molar-refractivity contribution is 5.81. The fraction of sp³-hybridized carbons (Fsp3) is 0.833. The number of carboxylic acid groups (broad SMARTS) is 2. The Bertz CT molecular complexity index is 473. The molecule has 2 atom stereocenters. The first-order chi connectivity index (χ1) is 13.2. The van der Waals surface area contributed by atoms with Crippen molar-refractivity contribution in [2.24, 2.45) is 23.7 Å². The van der Waals surface area contributed by atoms with Gasteiger partial charge in [0.2, 0.25) is 0 Å². The average molecular weight is 395 g/mol. The van der Waals surface area contributed by atoms with E-state index in [1.807, 2.05) is 0 Å². The number of allylic oxidation sites excluding steroid dienone is 2. The van der Waals surface area contributed by atoms with Crippen molar-refractivity contribution >= 4 is 11.9 Å². The van der Waals surface area contributed by atoms with Crippen molar-refractivity contribution in [1.82, 2.24) is 0 Å². The molecule has 0 radical (unpaired) electrons. The molecule has 4 nitrogen and oxygen atoms in total. The summed E-state index contributed by atoms with van der Waals surface area (Å²) >= 11 is 0. The van der Waals surface area contributed by atoms with Gasteiger partial charge in [-0.2, -0.15) is 0 Å². The molecule has 1 aliphatic rings. The predicted octanol–water partition coefficient (Wildman–Crippen LogP) is 6.69. The molecule has 0 saturated carbocycles. The van der Waals surface area contributed by atoms with Crippen molar-refractivity contribution in [3.05, 3.63) is 11.1 Å². The Kier molecular flexibility index (Phi) is 11.5. The van der Waals surface area contributed by atoms with Gasteiger partial charge >= 0.3 is 11.9 Å². The first-order valence-corrected chi connectivity index (χ1v) is 11.4. The van der Waals surface area contributed by atoms with Gasteiger partial charge in [0.15, 0.2) is 0 Å². The van der Waals surface area contributed by atoms with Crippen LogP contribution >= 0.6 is 0 Å². The third kappa shape index (κ3) is 9.25. The third-order valence-electron chi connectivity index (χ3n) is 6.07. The van der Waals surface area contributed by atoms with Gasteiger partial charge in [0.1, 0.15) is 0 Å². The summed E-state index contributed by atoms with van der Waals surface area (Å²) in [5.74, 6) is -2.01. The van der Waals surface area contributed by atoms with Gasteiger partial charge in [0.05, 0.1) is 11.8 Å². The van der Waals surface area contributed by atoms with E-state index >= 15 is 0 Å². The van der Waals surface area contributed by atoms with E-state index in [9.17, 15) is 19.8 Å². The molecule has 0 saturated heterocycles. The second-order valence-corrected chi connectivity index (χ2v) is 9.49. The van der Waals surface area contributed by atoms with E-state index in [0.717, 1.165) is 37.5 Å². The van der Waals surface area contributed by atoms with E-state index in [1.165, 1.54) is 49.7 Å². The predicted molar refractivity (Wildman–Crippen MR) is 114 cm³/mol. The molecule has 0 aliphatic heterocycles. The molecule has 4 heteroatoms. The molecular weight excluding hydrogens is 352 g/mol. The fourth-order valence-electron chi connectivity index (χ4n) is 4.32. The van der Waals surface area contributed by atoms with Gasteiger partial charge < -0.3 is 10.2 Å². The van der Waals surface area contributed by atoms with Crippen LogP contribution in [0.25, 0.3) is 0 Å². The molecule has 2 unspecified atom stereocenters. The minimum Gasteiger partial charge on any atom is -0.481 e. The number of aliphatic carboxylic acids is 2. The van der Waals surface area contributed by atoms with E-state index in [2.05, 4.69) is 27.7 Å². The maximum Gasteiger partial charge on any atom is 0.307 e. The van der Waals surface area contributed by atoms with E-state index in [4.69, 9.17) is 0 Å². The highest BCUT2D eigenvalue weighted by Gasteiger charge is 2.38. The average Bonchev–Trinajstić information content (AvgIpc) is 2.60. The van der Waals surface area contributed by atoms with Gasteiger partial charge in [0, 0.05) is 0 Å². The van der Waals surface area contributed by atoms with E-state index in [0.29, 0.717) is 12.8 Å². The second kappa shape index (κ2) is 13.0. The maximum absolute atomic E-state index is 11.6. The van der Waals surface area contributed by atoms with E-state index < -0.39 is 23.8 Å². The van der Waals surface area contributed by atoms with Crippen LogP contribution in [0, 0.1) is 23.7 Å². The lowest BCUT2D eigenvalue weighted by molar-refractivity contribution is -0.154. The summed E-state index contributed by atoms with van der Waals surface area (Å²) < 4.78 is 0. The molecule has 2 N–H and O–H groups in total. The second-order valence-electron chi connectivity index (χ2n) is 9.49. The zero-order valence-corrected chi connectivity index (χ0v) is 18.5. The Morgan fingerprint density at radius 1 is 0.714 bits per heavy atom. The quantitative estimate of drug-likeness (QED) is 0.254. The van der Waals surface area contributed by atoms with Crippen LogP contribution in [0.2, 0.25) is 0 Å². The number of hydrogen-bond donors (Lipinski definition) is 2. The summed E-state index contributed by atoms with van der Waals surface area (Å²) in [6, 6.07) is 0. The fourth-order valence-corrected chi connectivity index (χ4v) is 4.32. The van der Waals surface area contributed by atoms with Crippen LogP contribution in [-0.2, 0) is 9.59 Å². The van der Waals surface area contributed by atoms with Crippen LogP contribution in [-0.4, -0.2) is 22.2 Å². The molecular formula is C24H42O4. The van der Waals surface area contributed by atoms with Crippen molar-refractivity contribution in [3.63, 3.8) is 0 Å². The molecule has 0 amide bonds. The third-order valence-corrected chi connectivity index (χ3v) is 6.07. The molecule has 1 rings (SSSR count). The monoisotopic (exact) mass is 394 g/mol. The molecule has 0 aromatic heterocycles. The molecule has 0 aromatic carbocycles. The number of unbranched alkanes of at least 4 members (excludes halogenated alkanes) is 4. The standard InChI is InChI=1S/C24H42O4/c1-17(2)11-7-5-9-13-19-15-21(23(25)26)22(24(27)28)16-20(19)14-10-6-8-12-18(3)4/h17-18,21-22H,5-16H2,1-4H3,(H,25,26)(H,27,28). The summed E-state index contributed by atoms with van der Waals surface area (Å²) in [5, 5.41) is 19.1. The van der Waals surface area contributed by atoms with Gasteiger partial charge in [-0.15, -0.1) is 0 Å². The Balaban J connectivity index is 2.72. The van der Waals surface area contributed by atoms with E-state index in [1.54, 1.807) is 0 Å². The lowest BCUT2D eigenvalue weighted by atomic mass is 9.73. The Morgan fingerprint density at radius 2 is 1.07 bits per heavy atom. The number of hydrogen-bond acceptors (Lipinski definition) is 2. The van der Waals surface area contributed by atoms with Gasteiger partial charge in [-0.25, -0.2) is 0 Å². The molecule has 0 aromatic rings. The van der Waals surface area contributed by atoms with Crippen LogP contribution in [0.5, 0.6) is 0 Å². The largest absolute Gasteiger partial charge is 0.481 e. The zero-order valence-electron chi connectivity index (χ0n) is 18.5. The Hall–Kier alpha value is -1.32. The number of rotatable bonds is 14. The van der Waals surface area contributed by atoms with Crippen LogP contribution in [0.3, 0.4) is 0 Å². The van der Waals surface area contributed by atoms with Crippen molar-refractivity contribution in [2.75, 3.05) is 0 Å². The highest BCUT2D eigenvalue weighted by atomic mass is 16.4. The Labute approximate surface area is 171 Å². The lowest BCUT2D eigenvalue weighted by Gasteiger charge is -2.30. The van der Waals surface area contributed by atoms with Gasteiger partial charge in [-0.05, 0) is 50.4 Å². The van der Waals surface area contributed by atoms with Crippen LogP contribution in [0.1, 0.15) is 105 Å². The van der Waals surface area contributed by atoms with Crippen LogP contribution < -0.4 is 0 Å². The summed E-state index contributed by atoms with van der Waals surface area (Å²) in [6.45, 7) is 8.96. The molecule has 0 heterocycles. The lowest BCUT2D eigenvalue weighted by Crippen LogP contribution is -2.33. The van der Waals surface area contributed by atoms with E-state index in [-0.39, 0.29) is 0 Å². The number of carbonyl (C=O) groups is 2. The molecule has 28 heavy (non-hydrogen) atoms. The Morgan fingerprint density at radius 3 is 1.36 bits per heavy atom. The van der Waals surface area contributed by atoms with Gasteiger partial charge in [-0.1, -0.05) is 77.4 Å². The molecule has 162 valence electrons. The summed E-state index contributed by atoms with van der Waals surface area (Å²) in [7, 11) is 0. The number of carboxylic acids is 2. The summed E-state index contributed by atoms with van der Waals surface area (Å²) in [4.78, 5) is 23.3. The topological polar surface area (TPSA) is 74.6 Å². The minimum absolute atomic E-state index is 0.428. The minimum atomic E-state index is -0.958. The van der Waals surface area contributed by atoms with Crippen molar-refractivity contribution < 1.29 is 19.8 Å². The smallest absolute Gasteiger partial charge is 0.307 e. The summed E-state index contributed by atoms with van der Waals surface area (Å²) in [5.41, 5.74) is 2.50. The van der Waals surface area contributed by atoms with Crippen LogP contribution in [0.15, 0.2) is 11.1 Å². The molecule has 0 spiro atoms. The molecule has 0 fully saturated rings. The van der Waals surface area contributed by atoms with Crippen molar-refractivity contribution in [2.45, 2.75) is 105 Å². The zero-order chi connectivity index (χ0) is 21.1. The first-order valence-electron chi connectivity index (χ1n) is 11.4. The van der Waals surface area contributed by atoms with Crippen molar-refractivity contribution in [1.29, 1.82) is 0 Å². The van der Waals surface area contributed by atoms with Crippen LogP contribution in [0.4, 0.5) is 0 Å². The maximum atomic E-state index is 11.6. The molecule has 0 bridgehead atoms. The highest BCUT2D eigenvalue weighted by Crippen LogP contribution is 2.39. The normalized spacial score (nSPS) is 20.2. The summed E-state index contributed by atoms with van der Waals surface area (Å²) in [6.07, 6.45) is 12.2. The van der Waals surface area contributed by atoms with Gasteiger partial charge in [-0.3, -0.25) is 9.59 Å². The van der Waals surface area contributed by atoms with Crippen molar-refractivity contribution in [3.8, 4) is 0 Å². The van der Waals surface area contributed by atoms with Gasteiger partial charge in [0.25, 0.3) is 0 Å². The first kappa shape index (κ1) is 24.7. The SMILES string of the molecule is CC(C)CCCCCC1=C(CCCCCC(C)C)CC(C(=O)O)C(C(=O)O)C1. The molecule has 1 aliphatic carbocycles.